The average Bonchev–Trinajstić information content (AvgIpc) is 3.44. The van der Waals surface area contributed by atoms with Crippen LogP contribution in [0.3, 0.4) is 0 Å². The number of nitrogens with one attached hydrogen (secondary N) is 3. The molecule has 2 saturated heterocycles. The zero-order chi connectivity index (χ0) is 22.8. The number of nitrogens with zero attached hydrogens (tertiary/aromatic N) is 2. The van der Waals surface area contributed by atoms with Gasteiger partial charge in [-0.05, 0) is 43.0 Å². The Balaban J connectivity index is 1.17. The Labute approximate surface area is 193 Å². The first-order valence-electron chi connectivity index (χ1n) is 11.6. The lowest BCUT2D eigenvalue weighted by Crippen LogP contribution is -2.58. The summed E-state index contributed by atoms with van der Waals surface area (Å²) in [5, 5.41) is 8.82. The molecule has 8 nitrogen and oxygen atoms in total. The van der Waals surface area contributed by atoms with Gasteiger partial charge in [-0.3, -0.25) is 14.5 Å². The number of carbonyl (C=O) groups excluding carboxylic acids is 3. The van der Waals surface area contributed by atoms with Crippen molar-refractivity contribution in [2.45, 2.75) is 43.8 Å². The second-order valence-electron chi connectivity index (χ2n) is 8.97. The molecule has 2 aromatic rings. The minimum atomic E-state index is -0.272. The normalized spacial score (nSPS) is 24.1. The zero-order valence-corrected chi connectivity index (χ0v) is 18.5. The van der Waals surface area contributed by atoms with E-state index >= 15 is 0 Å². The van der Waals surface area contributed by atoms with Gasteiger partial charge in [0, 0.05) is 49.5 Å². The van der Waals surface area contributed by atoms with Gasteiger partial charge in [-0.25, -0.2) is 4.79 Å². The lowest BCUT2D eigenvalue weighted by Gasteiger charge is -2.37. The number of para-hydroxylation sites is 2. The Morgan fingerprint density at radius 2 is 1.85 bits per heavy atom. The van der Waals surface area contributed by atoms with E-state index in [1.165, 1.54) is 5.56 Å². The Morgan fingerprint density at radius 1 is 1.06 bits per heavy atom. The minimum Gasteiger partial charge on any atom is -0.353 e. The smallest absolute Gasteiger partial charge is 0.319 e. The van der Waals surface area contributed by atoms with E-state index in [9.17, 15) is 14.4 Å². The first-order valence-corrected chi connectivity index (χ1v) is 11.6. The van der Waals surface area contributed by atoms with E-state index in [1.54, 1.807) is 0 Å². The molecule has 2 aromatic carbocycles. The third kappa shape index (κ3) is 4.57. The lowest BCUT2D eigenvalue weighted by atomic mass is 10.0. The number of urea groups is 1. The van der Waals surface area contributed by atoms with Crippen molar-refractivity contribution < 1.29 is 14.4 Å². The Hall–Kier alpha value is -3.39. The van der Waals surface area contributed by atoms with E-state index in [-0.39, 0.29) is 36.0 Å². The first-order chi connectivity index (χ1) is 16.1. The molecule has 8 heteroatoms. The van der Waals surface area contributed by atoms with Gasteiger partial charge < -0.3 is 20.9 Å². The molecule has 0 bridgehead atoms. The molecule has 0 saturated carbocycles. The summed E-state index contributed by atoms with van der Waals surface area (Å²) in [5.74, 6) is 0.128. The number of benzene rings is 2. The van der Waals surface area contributed by atoms with E-state index in [0.29, 0.717) is 32.4 Å². The van der Waals surface area contributed by atoms with Crippen LogP contribution in [-0.4, -0.2) is 60.5 Å². The molecule has 3 aliphatic heterocycles. The van der Waals surface area contributed by atoms with Gasteiger partial charge in [-0.1, -0.05) is 36.4 Å². The molecule has 3 aliphatic rings. The maximum Gasteiger partial charge on any atom is 0.319 e. The highest BCUT2D eigenvalue weighted by Gasteiger charge is 2.44. The second-order valence-corrected chi connectivity index (χ2v) is 8.97. The SMILES string of the molecule is O=C(Nc1ccccc1)N[C@H]1C[C@H]2C(=O)NC[C@@H](CCC(=O)N3CCc4ccccc43)N2C1. The monoisotopic (exact) mass is 447 g/mol. The highest BCUT2D eigenvalue weighted by atomic mass is 16.2. The van der Waals surface area contributed by atoms with Gasteiger partial charge >= 0.3 is 6.03 Å². The second kappa shape index (κ2) is 9.23. The van der Waals surface area contributed by atoms with Gasteiger partial charge in [-0.15, -0.1) is 0 Å². The van der Waals surface area contributed by atoms with Crippen LogP contribution < -0.4 is 20.9 Å². The van der Waals surface area contributed by atoms with Crippen LogP contribution in [-0.2, 0) is 16.0 Å². The largest absolute Gasteiger partial charge is 0.353 e. The summed E-state index contributed by atoms with van der Waals surface area (Å²) >= 11 is 0. The maximum absolute atomic E-state index is 12.9. The standard InChI is InChI=1S/C25H29N5O3/c31-23(29-13-12-17-6-4-5-9-21(17)29)11-10-20-15-26-24(32)22-14-19(16-30(20)22)28-25(33)27-18-7-2-1-3-8-18/h1-9,19-20,22H,10-16H2,(H,26,32)(H2,27,28,33)/t19-,20+,22-/m0/s1. The van der Waals surface area contributed by atoms with E-state index in [2.05, 4.69) is 26.9 Å². The van der Waals surface area contributed by atoms with Crippen molar-refractivity contribution in [3.63, 3.8) is 0 Å². The number of rotatable bonds is 5. The molecule has 3 N–H and O–H groups in total. The maximum atomic E-state index is 12.9. The summed E-state index contributed by atoms with van der Waals surface area (Å²) in [6, 6.07) is 16.8. The third-order valence-electron chi connectivity index (χ3n) is 6.87. The molecule has 0 spiro atoms. The summed E-state index contributed by atoms with van der Waals surface area (Å²) in [6.45, 7) is 1.86. The number of piperazine rings is 1. The highest BCUT2D eigenvalue weighted by Crippen LogP contribution is 2.30. The van der Waals surface area contributed by atoms with Crippen molar-refractivity contribution in [1.82, 2.24) is 15.5 Å². The predicted octanol–water partition coefficient (Wildman–Crippen LogP) is 2.12. The van der Waals surface area contributed by atoms with Gasteiger partial charge in [0.05, 0.1) is 6.04 Å². The summed E-state index contributed by atoms with van der Waals surface area (Å²) in [7, 11) is 0. The summed E-state index contributed by atoms with van der Waals surface area (Å²) < 4.78 is 0. The fourth-order valence-electron chi connectivity index (χ4n) is 5.24. The number of hydrogen-bond donors (Lipinski definition) is 3. The summed E-state index contributed by atoms with van der Waals surface area (Å²) in [4.78, 5) is 41.9. The molecule has 0 aliphatic carbocycles. The molecule has 0 unspecified atom stereocenters. The molecule has 0 aromatic heterocycles. The molecule has 0 radical (unpaired) electrons. The van der Waals surface area contributed by atoms with E-state index in [0.717, 1.165) is 24.3 Å². The number of hydrogen-bond acceptors (Lipinski definition) is 4. The number of fused-ring (bicyclic) bond motifs is 2. The Kier molecular flexibility index (Phi) is 6.00. The van der Waals surface area contributed by atoms with Crippen LogP contribution in [0.5, 0.6) is 0 Å². The van der Waals surface area contributed by atoms with Crippen LogP contribution in [0.15, 0.2) is 54.6 Å². The van der Waals surface area contributed by atoms with Crippen LogP contribution in [0.4, 0.5) is 16.2 Å². The van der Waals surface area contributed by atoms with Crippen molar-refractivity contribution in [3.05, 3.63) is 60.2 Å². The number of amides is 4. The molecule has 2 fully saturated rings. The van der Waals surface area contributed by atoms with Crippen molar-refractivity contribution in [2.24, 2.45) is 0 Å². The molecule has 33 heavy (non-hydrogen) atoms. The van der Waals surface area contributed by atoms with Crippen LogP contribution in [0, 0.1) is 0 Å². The fourth-order valence-corrected chi connectivity index (χ4v) is 5.24. The molecule has 5 rings (SSSR count). The Morgan fingerprint density at radius 3 is 2.70 bits per heavy atom. The lowest BCUT2D eigenvalue weighted by molar-refractivity contribution is -0.129. The molecule has 3 heterocycles. The van der Waals surface area contributed by atoms with Crippen molar-refractivity contribution in [3.8, 4) is 0 Å². The first kappa shape index (κ1) is 21.5. The fraction of sp³-hybridized carbons (Fsp3) is 0.400. The molecule has 4 amide bonds. The van der Waals surface area contributed by atoms with E-state index < -0.39 is 0 Å². The van der Waals surface area contributed by atoms with Gasteiger partial charge in [-0.2, -0.15) is 0 Å². The quantitative estimate of drug-likeness (QED) is 0.655. The molecule has 3 atom stereocenters. The van der Waals surface area contributed by atoms with Crippen LogP contribution in [0.2, 0.25) is 0 Å². The number of anilines is 2. The zero-order valence-electron chi connectivity index (χ0n) is 18.5. The molecule has 172 valence electrons. The third-order valence-corrected chi connectivity index (χ3v) is 6.87. The van der Waals surface area contributed by atoms with Crippen molar-refractivity contribution >= 4 is 29.2 Å². The van der Waals surface area contributed by atoms with Crippen LogP contribution >= 0.6 is 0 Å². The minimum absolute atomic E-state index is 0.00110. The molecular formula is C25H29N5O3. The van der Waals surface area contributed by atoms with E-state index in [1.807, 2.05) is 53.4 Å². The predicted molar refractivity (Wildman–Crippen MR) is 126 cm³/mol. The summed E-state index contributed by atoms with van der Waals surface area (Å²) in [6.07, 6.45) is 2.58. The average molecular weight is 448 g/mol. The summed E-state index contributed by atoms with van der Waals surface area (Å²) in [5.41, 5.74) is 2.97. The van der Waals surface area contributed by atoms with Gasteiger partial charge in [0.2, 0.25) is 11.8 Å². The van der Waals surface area contributed by atoms with Crippen molar-refractivity contribution in [2.75, 3.05) is 29.9 Å². The van der Waals surface area contributed by atoms with Crippen molar-refractivity contribution in [1.29, 1.82) is 0 Å². The van der Waals surface area contributed by atoms with Gasteiger partial charge in [0.15, 0.2) is 0 Å². The molecular weight excluding hydrogens is 418 g/mol. The van der Waals surface area contributed by atoms with Crippen LogP contribution in [0.1, 0.15) is 24.8 Å². The number of carbonyl (C=O) groups is 3. The van der Waals surface area contributed by atoms with Crippen LogP contribution in [0.25, 0.3) is 0 Å². The van der Waals surface area contributed by atoms with Gasteiger partial charge in [0.1, 0.15) is 0 Å². The van der Waals surface area contributed by atoms with E-state index in [4.69, 9.17) is 0 Å². The van der Waals surface area contributed by atoms with Gasteiger partial charge in [0.25, 0.3) is 0 Å². The Bertz CT molecular complexity index is 1040. The highest BCUT2D eigenvalue weighted by molar-refractivity contribution is 5.95. The topological polar surface area (TPSA) is 93.8 Å².